The molecule has 1 aliphatic rings. The Kier molecular flexibility index (Phi) is 6.53. The maximum Gasteiger partial charge on any atom is 0.219 e. The lowest BCUT2D eigenvalue weighted by molar-refractivity contribution is -0.128. The Morgan fingerprint density at radius 1 is 0.972 bits per heavy atom. The van der Waals surface area contributed by atoms with Gasteiger partial charge in [0.15, 0.2) is 0 Å². The Labute approximate surface area is 211 Å². The Bertz CT molecular complexity index is 1460. The molecule has 0 N–H and O–H groups in total. The molecular weight excluding hydrogens is 448 g/mol. The standard InChI is InChI=1S/C29H30N6O/c1-20-5-6-23(15-21(20)2)25-8-10-28-32-29(24-7-9-26(16-30)31-17-24)27(35(28)18-25)19-33-11-4-12-34(14-13-33)22(3)36/h5-10,15,17-18H,4,11-14,19H2,1-3H3. The molecule has 7 nitrogen and oxygen atoms in total. The summed E-state index contributed by atoms with van der Waals surface area (Å²) in [6, 6.07) is 16.5. The minimum absolute atomic E-state index is 0.133. The predicted molar refractivity (Wildman–Crippen MR) is 140 cm³/mol. The quantitative estimate of drug-likeness (QED) is 0.428. The van der Waals surface area contributed by atoms with Crippen LogP contribution in [0, 0.1) is 25.2 Å². The molecule has 5 rings (SSSR count). The number of imidazole rings is 1. The second-order valence-corrected chi connectivity index (χ2v) is 9.53. The van der Waals surface area contributed by atoms with Crippen LogP contribution in [0.5, 0.6) is 0 Å². The number of aromatic nitrogens is 3. The van der Waals surface area contributed by atoms with Gasteiger partial charge in [0.1, 0.15) is 17.4 Å². The lowest BCUT2D eigenvalue weighted by Gasteiger charge is -2.21. The van der Waals surface area contributed by atoms with Gasteiger partial charge in [0.05, 0.1) is 11.4 Å². The Balaban J connectivity index is 1.58. The zero-order valence-electron chi connectivity index (χ0n) is 21.0. The Morgan fingerprint density at radius 3 is 2.50 bits per heavy atom. The number of aryl methyl sites for hydroxylation is 2. The Hall–Kier alpha value is -4.02. The fraction of sp³-hybridized carbons (Fsp3) is 0.310. The van der Waals surface area contributed by atoms with Crippen LogP contribution in [0.4, 0.5) is 0 Å². The van der Waals surface area contributed by atoms with Gasteiger partial charge in [0, 0.05) is 57.6 Å². The van der Waals surface area contributed by atoms with Crippen molar-refractivity contribution in [1.29, 1.82) is 5.26 Å². The first-order valence-electron chi connectivity index (χ1n) is 12.4. The minimum Gasteiger partial charge on any atom is -0.342 e. The van der Waals surface area contributed by atoms with Gasteiger partial charge in [-0.1, -0.05) is 18.2 Å². The van der Waals surface area contributed by atoms with E-state index in [1.165, 1.54) is 16.7 Å². The van der Waals surface area contributed by atoms with Gasteiger partial charge in [-0.05, 0) is 66.8 Å². The molecule has 0 radical (unpaired) electrons. The summed E-state index contributed by atoms with van der Waals surface area (Å²) in [4.78, 5) is 25.5. The molecule has 1 saturated heterocycles. The number of benzene rings is 1. The largest absolute Gasteiger partial charge is 0.342 e. The molecule has 0 unspecified atom stereocenters. The molecule has 4 heterocycles. The molecule has 1 fully saturated rings. The van der Waals surface area contributed by atoms with Crippen molar-refractivity contribution in [3.63, 3.8) is 0 Å². The molecular formula is C29H30N6O. The number of rotatable bonds is 4. The SMILES string of the molecule is CC(=O)N1CCCN(Cc2c(-c3ccc(C#N)nc3)nc3ccc(-c4ccc(C)c(C)c4)cn23)CC1. The van der Waals surface area contributed by atoms with E-state index in [0.29, 0.717) is 12.2 Å². The van der Waals surface area contributed by atoms with Crippen LogP contribution in [0.2, 0.25) is 0 Å². The lowest BCUT2D eigenvalue weighted by atomic mass is 10.0. The molecule has 0 spiro atoms. The molecule has 1 amide bonds. The molecule has 182 valence electrons. The summed E-state index contributed by atoms with van der Waals surface area (Å²) in [6.45, 7) is 9.87. The van der Waals surface area contributed by atoms with Crippen LogP contribution >= 0.6 is 0 Å². The van der Waals surface area contributed by atoms with Crippen LogP contribution in [0.3, 0.4) is 0 Å². The van der Waals surface area contributed by atoms with Gasteiger partial charge in [-0.15, -0.1) is 0 Å². The third-order valence-corrected chi connectivity index (χ3v) is 7.12. The van der Waals surface area contributed by atoms with Gasteiger partial charge < -0.3 is 9.30 Å². The van der Waals surface area contributed by atoms with Gasteiger partial charge in [-0.2, -0.15) is 5.26 Å². The van der Waals surface area contributed by atoms with E-state index in [2.05, 4.69) is 70.7 Å². The van der Waals surface area contributed by atoms with Crippen molar-refractivity contribution in [2.75, 3.05) is 26.2 Å². The summed E-state index contributed by atoms with van der Waals surface area (Å²) < 4.78 is 2.19. The van der Waals surface area contributed by atoms with Crippen molar-refractivity contribution in [1.82, 2.24) is 24.2 Å². The molecule has 1 aromatic carbocycles. The highest BCUT2D eigenvalue weighted by Gasteiger charge is 2.21. The van der Waals surface area contributed by atoms with Crippen molar-refractivity contribution in [2.24, 2.45) is 0 Å². The number of carbonyl (C=O) groups excluding carboxylic acids is 1. The second kappa shape index (κ2) is 9.92. The molecule has 0 aliphatic carbocycles. The fourth-order valence-corrected chi connectivity index (χ4v) is 4.82. The fourth-order valence-electron chi connectivity index (χ4n) is 4.82. The van der Waals surface area contributed by atoms with E-state index >= 15 is 0 Å². The molecule has 0 atom stereocenters. The number of nitrogens with zero attached hydrogens (tertiary/aromatic N) is 6. The number of hydrogen-bond acceptors (Lipinski definition) is 5. The number of pyridine rings is 2. The van der Waals surface area contributed by atoms with Gasteiger partial charge in [0.25, 0.3) is 0 Å². The summed E-state index contributed by atoms with van der Waals surface area (Å²) in [7, 11) is 0. The van der Waals surface area contributed by atoms with Crippen LogP contribution in [0.15, 0.2) is 54.9 Å². The van der Waals surface area contributed by atoms with Gasteiger partial charge in [-0.3, -0.25) is 9.69 Å². The molecule has 3 aromatic heterocycles. The van der Waals surface area contributed by atoms with Crippen molar-refractivity contribution in [3.8, 4) is 28.5 Å². The number of amides is 1. The van der Waals surface area contributed by atoms with Gasteiger partial charge >= 0.3 is 0 Å². The highest BCUT2D eigenvalue weighted by molar-refractivity contribution is 5.73. The first-order valence-corrected chi connectivity index (χ1v) is 12.4. The maximum atomic E-state index is 11.9. The number of fused-ring (bicyclic) bond motifs is 1. The van der Waals surface area contributed by atoms with E-state index in [1.807, 2.05) is 11.0 Å². The summed E-state index contributed by atoms with van der Waals surface area (Å²) in [5.74, 6) is 0.133. The monoisotopic (exact) mass is 478 g/mol. The van der Waals surface area contributed by atoms with Crippen LogP contribution in [0.25, 0.3) is 28.0 Å². The van der Waals surface area contributed by atoms with Crippen molar-refractivity contribution in [2.45, 2.75) is 33.7 Å². The molecule has 7 heteroatoms. The number of hydrogen-bond donors (Lipinski definition) is 0. The zero-order valence-corrected chi connectivity index (χ0v) is 21.0. The highest BCUT2D eigenvalue weighted by atomic mass is 16.2. The summed E-state index contributed by atoms with van der Waals surface area (Å²) in [5.41, 5.74) is 8.95. The number of carbonyl (C=O) groups is 1. The molecule has 0 saturated carbocycles. The molecule has 4 aromatic rings. The first kappa shape index (κ1) is 23.7. The Morgan fingerprint density at radius 2 is 1.78 bits per heavy atom. The topological polar surface area (TPSA) is 77.5 Å². The first-order chi connectivity index (χ1) is 17.4. The van der Waals surface area contributed by atoms with E-state index in [4.69, 9.17) is 4.98 Å². The van der Waals surface area contributed by atoms with Crippen LogP contribution < -0.4 is 0 Å². The zero-order chi connectivity index (χ0) is 25.2. The number of nitriles is 1. The van der Waals surface area contributed by atoms with Crippen LogP contribution in [-0.4, -0.2) is 56.3 Å². The van der Waals surface area contributed by atoms with Crippen LogP contribution in [-0.2, 0) is 11.3 Å². The van der Waals surface area contributed by atoms with E-state index in [0.717, 1.165) is 60.8 Å². The van der Waals surface area contributed by atoms with E-state index in [9.17, 15) is 10.1 Å². The normalized spacial score (nSPS) is 14.6. The smallest absolute Gasteiger partial charge is 0.219 e. The second-order valence-electron chi connectivity index (χ2n) is 9.53. The summed E-state index contributed by atoms with van der Waals surface area (Å²) in [5, 5.41) is 9.18. The van der Waals surface area contributed by atoms with Gasteiger partial charge in [0.2, 0.25) is 5.91 Å². The third-order valence-electron chi connectivity index (χ3n) is 7.12. The van der Waals surface area contributed by atoms with Crippen molar-refractivity contribution >= 4 is 11.6 Å². The third kappa shape index (κ3) is 4.73. The summed E-state index contributed by atoms with van der Waals surface area (Å²) >= 11 is 0. The average Bonchev–Trinajstić information content (AvgIpc) is 3.06. The van der Waals surface area contributed by atoms with E-state index < -0.39 is 0 Å². The van der Waals surface area contributed by atoms with Crippen LogP contribution in [0.1, 0.15) is 35.9 Å². The van der Waals surface area contributed by atoms with E-state index in [-0.39, 0.29) is 5.91 Å². The summed E-state index contributed by atoms with van der Waals surface area (Å²) in [6.07, 6.45) is 4.84. The molecule has 0 bridgehead atoms. The highest BCUT2D eigenvalue weighted by Crippen LogP contribution is 2.29. The lowest BCUT2D eigenvalue weighted by Crippen LogP contribution is -2.33. The molecule has 36 heavy (non-hydrogen) atoms. The predicted octanol–water partition coefficient (Wildman–Crippen LogP) is 4.61. The average molecular weight is 479 g/mol. The van der Waals surface area contributed by atoms with Crippen molar-refractivity contribution in [3.05, 3.63) is 77.4 Å². The minimum atomic E-state index is 0.133. The molecule has 1 aliphatic heterocycles. The van der Waals surface area contributed by atoms with Crippen molar-refractivity contribution < 1.29 is 4.79 Å². The van der Waals surface area contributed by atoms with E-state index in [1.54, 1.807) is 19.2 Å². The van der Waals surface area contributed by atoms with Gasteiger partial charge in [-0.25, -0.2) is 9.97 Å². The maximum absolute atomic E-state index is 11.9.